The molecule has 1 aliphatic heterocycles. The van der Waals surface area contributed by atoms with Crippen LogP contribution in [0.5, 0.6) is 0 Å². The standard InChI is InChI=1S/C26H28N2O6/c1-26(24(30)31,15-10-11-15)28-23(29)22-21(12-13-33-22)27-25(32)34-14-20-18-8-4-2-6-16(18)17-7-3-5-9-19(17)20/h2-9,15,20-22H,10-14H2,1H3,(H,27,32)(H,28,29)(H,30,31). The molecule has 2 fully saturated rings. The van der Waals surface area contributed by atoms with E-state index in [2.05, 4.69) is 22.8 Å². The first kappa shape index (κ1) is 22.4. The largest absolute Gasteiger partial charge is 0.480 e. The summed E-state index contributed by atoms with van der Waals surface area (Å²) >= 11 is 0. The topological polar surface area (TPSA) is 114 Å². The molecule has 1 saturated carbocycles. The molecular weight excluding hydrogens is 436 g/mol. The number of carbonyl (C=O) groups excluding carboxylic acids is 2. The second-order valence-electron chi connectivity index (χ2n) is 9.43. The zero-order valence-corrected chi connectivity index (χ0v) is 19.0. The fraction of sp³-hybridized carbons (Fsp3) is 0.423. The molecule has 1 saturated heterocycles. The normalized spacial score (nSPS) is 22.9. The number of hydrogen-bond donors (Lipinski definition) is 3. The number of aliphatic carboxylic acids is 1. The fourth-order valence-electron chi connectivity index (χ4n) is 5.11. The second-order valence-corrected chi connectivity index (χ2v) is 9.43. The van der Waals surface area contributed by atoms with Crippen LogP contribution in [0, 0.1) is 5.92 Å². The maximum absolute atomic E-state index is 12.8. The van der Waals surface area contributed by atoms with Gasteiger partial charge in [-0.05, 0) is 54.4 Å². The summed E-state index contributed by atoms with van der Waals surface area (Å²) in [7, 11) is 0. The molecule has 34 heavy (non-hydrogen) atoms. The molecule has 0 radical (unpaired) electrons. The molecule has 5 rings (SSSR count). The minimum Gasteiger partial charge on any atom is -0.480 e. The molecule has 2 aliphatic carbocycles. The van der Waals surface area contributed by atoms with E-state index in [1.807, 2.05) is 36.4 Å². The number of nitrogens with one attached hydrogen (secondary N) is 2. The van der Waals surface area contributed by atoms with E-state index in [0.717, 1.165) is 35.1 Å². The number of carbonyl (C=O) groups is 3. The summed E-state index contributed by atoms with van der Waals surface area (Å²) in [5.74, 6) is -1.75. The van der Waals surface area contributed by atoms with Crippen molar-refractivity contribution in [1.29, 1.82) is 0 Å². The zero-order chi connectivity index (χ0) is 23.9. The lowest BCUT2D eigenvalue weighted by atomic mass is 9.95. The molecular formula is C26H28N2O6. The molecule has 1 heterocycles. The molecule has 0 spiro atoms. The van der Waals surface area contributed by atoms with Crippen LogP contribution >= 0.6 is 0 Å². The molecule has 0 aromatic heterocycles. The lowest BCUT2D eigenvalue weighted by molar-refractivity contribution is -0.149. The van der Waals surface area contributed by atoms with Crippen molar-refractivity contribution in [2.75, 3.05) is 13.2 Å². The Morgan fingerprint density at radius 2 is 1.65 bits per heavy atom. The number of ether oxygens (including phenoxy) is 2. The van der Waals surface area contributed by atoms with Crippen molar-refractivity contribution in [1.82, 2.24) is 10.6 Å². The Labute approximate surface area is 197 Å². The van der Waals surface area contributed by atoms with Crippen molar-refractivity contribution in [3.05, 3.63) is 59.7 Å². The second kappa shape index (κ2) is 8.76. The molecule has 3 aliphatic rings. The van der Waals surface area contributed by atoms with E-state index >= 15 is 0 Å². The van der Waals surface area contributed by atoms with Gasteiger partial charge in [-0.15, -0.1) is 0 Å². The smallest absolute Gasteiger partial charge is 0.407 e. The third-order valence-corrected chi connectivity index (χ3v) is 7.22. The van der Waals surface area contributed by atoms with Crippen LogP contribution in [0.3, 0.4) is 0 Å². The van der Waals surface area contributed by atoms with Crippen LogP contribution in [0.4, 0.5) is 4.79 Å². The van der Waals surface area contributed by atoms with Crippen LogP contribution in [0.2, 0.25) is 0 Å². The van der Waals surface area contributed by atoms with Crippen LogP contribution in [-0.4, -0.2) is 54.0 Å². The lowest BCUT2D eigenvalue weighted by Gasteiger charge is -2.29. The quantitative estimate of drug-likeness (QED) is 0.580. The molecule has 0 bridgehead atoms. The van der Waals surface area contributed by atoms with Gasteiger partial charge in [0.05, 0.1) is 6.04 Å². The van der Waals surface area contributed by atoms with Crippen molar-refractivity contribution < 1.29 is 29.0 Å². The molecule has 2 amide bonds. The van der Waals surface area contributed by atoms with Crippen LogP contribution in [-0.2, 0) is 19.1 Å². The number of carboxylic acids is 1. The number of benzene rings is 2. The van der Waals surface area contributed by atoms with E-state index in [0.29, 0.717) is 13.0 Å². The Morgan fingerprint density at radius 3 is 2.24 bits per heavy atom. The van der Waals surface area contributed by atoms with Crippen molar-refractivity contribution in [2.24, 2.45) is 5.92 Å². The summed E-state index contributed by atoms with van der Waals surface area (Å²) in [6, 6.07) is 15.6. The Balaban J connectivity index is 1.21. The SMILES string of the molecule is CC(NC(=O)C1OCCC1NC(=O)OCC1c2ccccc2-c2ccccc21)(C(=O)O)C1CC1. The highest BCUT2D eigenvalue weighted by molar-refractivity contribution is 5.90. The van der Waals surface area contributed by atoms with Gasteiger partial charge in [-0.25, -0.2) is 9.59 Å². The van der Waals surface area contributed by atoms with Gasteiger partial charge in [0.2, 0.25) is 0 Å². The molecule has 8 nitrogen and oxygen atoms in total. The Bertz CT molecular complexity index is 1080. The number of fused-ring (bicyclic) bond motifs is 3. The van der Waals surface area contributed by atoms with Gasteiger partial charge in [-0.1, -0.05) is 48.5 Å². The van der Waals surface area contributed by atoms with E-state index in [1.54, 1.807) is 0 Å². The number of hydrogen-bond acceptors (Lipinski definition) is 5. The highest BCUT2D eigenvalue weighted by Crippen LogP contribution is 2.44. The summed E-state index contributed by atoms with van der Waals surface area (Å²) in [5.41, 5.74) is 3.18. The van der Waals surface area contributed by atoms with E-state index in [-0.39, 0.29) is 18.4 Å². The molecule has 178 valence electrons. The molecule has 3 N–H and O–H groups in total. The summed E-state index contributed by atoms with van der Waals surface area (Å²) in [5, 5.41) is 15.0. The van der Waals surface area contributed by atoms with Crippen molar-refractivity contribution in [3.8, 4) is 11.1 Å². The van der Waals surface area contributed by atoms with E-state index in [1.165, 1.54) is 6.92 Å². The first-order chi connectivity index (χ1) is 16.4. The van der Waals surface area contributed by atoms with Crippen LogP contribution in [0.1, 0.15) is 43.2 Å². The van der Waals surface area contributed by atoms with Gasteiger partial charge in [-0.2, -0.15) is 0 Å². The average Bonchev–Trinajstić information content (AvgIpc) is 3.51. The first-order valence-corrected chi connectivity index (χ1v) is 11.7. The molecule has 2 aromatic carbocycles. The fourth-order valence-corrected chi connectivity index (χ4v) is 5.11. The molecule has 2 aromatic rings. The van der Waals surface area contributed by atoms with Crippen LogP contribution < -0.4 is 10.6 Å². The van der Waals surface area contributed by atoms with Gasteiger partial charge < -0.3 is 25.2 Å². The predicted molar refractivity (Wildman–Crippen MR) is 123 cm³/mol. The Kier molecular flexibility index (Phi) is 5.77. The number of amides is 2. The number of carboxylic acid groups (broad SMARTS) is 1. The maximum Gasteiger partial charge on any atom is 0.407 e. The van der Waals surface area contributed by atoms with Crippen molar-refractivity contribution in [2.45, 2.75) is 49.8 Å². The Morgan fingerprint density at radius 1 is 1.03 bits per heavy atom. The van der Waals surface area contributed by atoms with Crippen molar-refractivity contribution >= 4 is 18.0 Å². The van der Waals surface area contributed by atoms with Gasteiger partial charge in [0.25, 0.3) is 5.91 Å². The van der Waals surface area contributed by atoms with Crippen molar-refractivity contribution in [3.63, 3.8) is 0 Å². The monoisotopic (exact) mass is 464 g/mol. The zero-order valence-electron chi connectivity index (χ0n) is 19.0. The molecule has 3 atom stereocenters. The summed E-state index contributed by atoms with van der Waals surface area (Å²) in [4.78, 5) is 37.2. The molecule has 8 heteroatoms. The highest BCUT2D eigenvalue weighted by Gasteiger charge is 2.50. The maximum atomic E-state index is 12.8. The molecule has 3 unspecified atom stereocenters. The van der Waals surface area contributed by atoms with Gasteiger partial charge >= 0.3 is 12.1 Å². The minimum absolute atomic E-state index is 0.0631. The average molecular weight is 465 g/mol. The van der Waals surface area contributed by atoms with Crippen LogP contribution in [0.25, 0.3) is 11.1 Å². The van der Waals surface area contributed by atoms with Gasteiger partial charge in [0, 0.05) is 12.5 Å². The van der Waals surface area contributed by atoms with Crippen LogP contribution in [0.15, 0.2) is 48.5 Å². The number of rotatable bonds is 7. The van der Waals surface area contributed by atoms with Gasteiger partial charge in [0.15, 0.2) is 6.10 Å². The van der Waals surface area contributed by atoms with E-state index < -0.39 is 35.7 Å². The van der Waals surface area contributed by atoms with E-state index in [4.69, 9.17) is 9.47 Å². The van der Waals surface area contributed by atoms with Gasteiger partial charge in [0.1, 0.15) is 12.1 Å². The van der Waals surface area contributed by atoms with E-state index in [9.17, 15) is 19.5 Å². The summed E-state index contributed by atoms with van der Waals surface area (Å²) in [6.07, 6.45) is 0.373. The minimum atomic E-state index is -1.34. The summed E-state index contributed by atoms with van der Waals surface area (Å²) in [6.45, 7) is 1.98. The number of alkyl carbamates (subject to hydrolysis) is 1. The lowest BCUT2D eigenvalue weighted by Crippen LogP contribution is -2.59. The summed E-state index contributed by atoms with van der Waals surface area (Å²) < 4.78 is 11.1. The third-order valence-electron chi connectivity index (χ3n) is 7.22. The Hall–Kier alpha value is -3.39. The predicted octanol–water partition coefficient (Wildman–Crippen LogP) is 3.05. The first-order valence-electron chi connectivity index (χ1n) is 11.7. The van der Waals surface area contributed by atoms with Gasteiger partial charge in [-0.3, -0.25) is 4.79 Å². The third kappa shape index (κ3) is 4.03. The highest BCUT2D eigenvalue weighted by atomic mass is 16.6.